The Labute approximate surface area is 122 Å². The molecule has 3 heteroatoms. The van der Waals surface area contributed by atoms with E-state index in [-0.39, 0.29) is 6.79 Å². The zero-order valence-corrected chi connectivity index (χ0v) is 11.3. The van der Waals surface area contributed by atoms with Gasteiger partial charge in [0.25, 0.3) is 0 Å². The molecule has 0 spiro atoms. The smallest absolute Gasteiger partial charge is 0.231 e. The van der Waals surface area contributed by atoms with Crippen LogP contribution in [0.5, 0.6) is 11.5 Å². The van der Waals surface area contributed by atoms with Crippen LogP contribution >= 0.6 is 0 Å². The molecule has 0 unspecified atom stereocenters. The molecule has 21 heavy (non-hydrogen) atoms. The maximum atomic E-state index is 5.45. The van der Waals surface area contributed by atoms with Crippen LogP contribution in [0.1, 0.15) is 11.1 Å². The van der Waals surface area contributed by atoms with Gasteiger partial charge in [0.1, 0.15) is 0 Å². The van der Waals surface area contributed by atoms with Gasteiger partial charge in [-0.05, 0) is 23.3 Å². The SMILES string of the molecule is C(=Cc1ccnc2cc3c(cc12)OCO3)c1ccccc1. The zero-order valence-electron chi connectivity index (χ0n) is 11.3. The highest BCUT2D eigenvalue weighted by Crippen LogP contribution is 2.36. The van der Waals surface area contributed by atoms with Gasteiger partial charge in [0.2, 0.25) is 6.79 Å². The first-order valence-electron chi connectivity index (χ1n) is 6.82. The topological polar surface area (TPSA) is 31.4 Å². The van der Waals surface area contributed by atoms with Crippen molar-refractivity contribution in [2.45, 2.75) is 0 Å². The molecule has 0 atom stereocenters. The average Bonchev–Trinajstić information content (AvgIpc) is 2.99. The van der Waals surface area contributed by atoms with Crippen LogP contribution in [0.25, 0.3) is 23.1 Å². The van der Waals surface area contributed by atoms with Gasteiger partial charge in [0.15, 0.2) is 11.5 Å². The van der Waals surface area contributed by atoms with E-state index >= 15 is 0 Å². The largest absolute Gasteiger partial charge is 0.454 e. The van der Waals surface area contributed by atoms with Crippen molar-refractivity contribution in [2.24, 2.45) is 0 Å². The lowest BCUT2D eigenvalue weighted by Gasteiger charge is -2.03. The number of pyridine rings is 1. The van der Waals surface area contributed by atoms with Gasteiger partial charge in [-0.2, -0.15) is 0 Å². The number of benzene rings is 2. The fourth-order valence-electron chi connectivity index (χ4n) is 2.45. The monoisotopic (exact) mass is 275 g/mol. The summed E-state index contributed by atoms with van der Waals surface area (Å²) in [5.41, 5.74) is 3.19. The van der Waals surface area contributed by atoms with Gasteiger partial charge in [-0.25, -0.2) is 0 Å². The second-order valence-corrected chi connectivity index (χ2v) is 4.87. The van der Waals surface area contributed by atoms with E-state index < -0.39 is 0 Å². The summed E-state index contributed by atoms with van der Waals surface area (Å²) in [6.45, 7) is 0.279. The van der Waals surface area contributed by atoms with Gasteiger partial charge >= 0.3 is 0 Å². The molecule has 1 aliphatic heterocycles. The lowest BCUT2D eigenvalue weighted by Crippen LogP contribution is -1.92. The highest BCUT2D eigenvalue weighted by molar-refractivity contribution is 5.92. The van der Waals surface area contributed by atoms with Gasteiger partial charge in [-0.3, -0.25) is 4.98 Å². The van der Waals surface area contributed by atoms with E-state index in [2.05, 4.69) is 29.3 Å². The van der Waals surface area contributed by atoms with Crippen molar-refractivity contribution < 1.29 is 9.47 Å². The van der Waals surface area contributed by atoms with E-state index in [0.717, 1.165) is 28.0 Å². The molecule has 4 rings (SSSR count). The number of fused-ring (bicyclic) bond motifs is 2. The molecule has 1 aromatic heterocycles. The van der Waals surface area contributed by atoms with Crippen LogP contribution in [0.2, 0.25) is 0 Å². The van der Waals surface area contributed by atoms with Crippen molar-refractivity contribution in [3.8, 4) is 11.5 Å². The third-order valence-electron chi connectivity index (χ3n) is 3.52. The number of hydrogen-bond donors (Lipinski definition) is 0. The molecule has 2 aromatic carbocycles. The van der Waals surface area contributed by atoms with E-state index in [1.54, 1.807) is 0 Å². The fraction of sp³-hybridized carbons (Fsp3) is 0.0556. The predicted molar refractivity (Wildman–Crippen MR) is 83.2 cm³/mol. The number of aromatic nitrogens is 1. The molecule has 0 bridgehead atoms. The van der Waals surface area contributed by atoms with E-state index in [0.29, 0.717) is 0 Å². The molecule has 0 saturated carbocycles. The summed E-state index contributed by atoms with van der Waals surface area (Å²) in [7, 11) is 0. The first kappa shape index (κ1) is 12.0. The number of nitrogens with zero attached hydrogens (tertiary/aromatic N) is 1. The summed E-state index contributed by atoms with van der Waals surface area (Å²) in [5.74, 6) is 1.55. The minimum absolute atomic E-state index is 0.279. The lowest BCUT2D eigenvalue weighted by atomic mass is 10.1. The van der Waals surface area contributed by atoms with Crippen LogP contribution < -0.4 is 9.47 Å². The molecule has 3 nitrogen and oxygen atoms in total. The maximum Gasteiger partial charge on any atom is 0.231 e. The molecule has 0 fully saturated rings. The summed E-state index contributed by atoms with van der Waals surface area (Å²) in [5, 5.41) is 1.06. The van der Waals surface area contributed by atoms with Gasteiger partial charge in [-0.1, -0.05) is 42.5 Å². The van der Waals surface area contributed by atoms with Crippen LogP contribution in [0.4, 0.5) is 0 Å². The predicted octanol–water partition coefficient (Wildman–Crippen LogP) is 4.13. The van der Waals surface area contributed by atoms with Gasteiger partial charge < -0.3 is 9.47 Å². The molecular formula is C18H13NO2. The van der Waals surface area contributed by atoms with Crippen LogP contribution in [0.3, 0.4) is 0 Å². The minimum Gasteiger partial charge on any atom is -0.454 e. The fourth-order valence-corrected chi connectivity index (χ4v) is 2.45. The molecular weight excluding hydrogens is 262 g/mol. The summed E-state index contributed by atoms with van der Waals surface area (Å²) in [6.07, 6.45) is 6.01. The molecule has 3 aromatic rings. The molecule has 102 valence electrons. The van der Waals surface area contributed by atoms with E-state index in [9.17, 15) is 0 Å². The van der Waals surface area contributed by atoms with Crippen LogP contribution in [-0.2, 0) is 0 Å². The maximum absolute atomic E-state index is 5.45. The summed E-state index contributed by atoms with van der Waals surface area (Å²) in [6, 6.07) is 16.2. The lowest BCUT2D eigenvalue weighted by molar-refractivity contribution is 0.174. The normalized spacial score (nSPS) is 13.1. The first-order valence-corrected chi connectivity index (χ1v) is 6.82. The number of rotatable bonds is 2. The van der Waals surface area contributed by atoms with Crippen molar-refractivity contribution in [3.05, 3.63) is 65.9 Å². The molecule has 0 aliphatic carbocycles. The van der Waals surface area contributed by atoms with Crippen molar-refractivity contribution in [3.63, 3.8) is 0 Å². The second-order valence-electron chi connectivity index (χ2n) is 4.87. The molecule has 0 radical (unpaired) electrons. The molecule has 1 aliphatic rings. The second kappa shape index (κ2) is 4.94. The summed E-state index contributed by atoms with van der Waals surface area (Å²) < 4.78 is 10.8. The first-order chi connectivity index (χ1) is 10.4. The average molecular weight is 275 g/mol. The van der Waals surface area contributed by atoms with Crippen LogP contribution in [-0.4, -0.2) is 11.8 Å². The Bertz CT molecular complexity index is 825. The molecule has 0 N–H and O–H groups in total. The van der Waals surface area contributed by atoms with Crippen molar-refractivity contribution >= 4 is 23.1 Å². The molecule has 0 amide bonds. The third kappa shape index (κ3) is 2.23. The van der Waals surface area contributed by atoms with Crippen molar-refractivity contribution in [1.29, 1.82) is 0 Å². The minimum atomic E-state index is 0.279. The van der Waals surface area contributed by atoms with E-state index in [1.165, 1.54) is 5.56 Å². The highest BCUT2D eigenvalue weighted by Gasteiger charge is 2.15. The Morgan fingerprint density at radius 3 is 2.57 bits per heavy atom. The third-order valence-corrected chi connectivity index (χ3v) is 3.52. The number of hydrogen-bond acceptors (Lipinski definition) is 3. The summed E-state index contributed by atoms with van der Waals surface area (Å²) in [4.78, 5) is 4.40. The van der Waals surface area contributed by atoms with Crippen molar-refractivity contribution in [1.82, 2.24) is 4.98 Å². The Morgan fingerprint density at radius 2 is 1.71 bits per heavy atom. The Morgan fingerprint density at radius 1 is 0.905 bits per heavy atom. The zero-order chi connectivity index (χ0) is 14.1. The Kier molecular flexibility index (Phi) is 2.82. The highest BCUT2D eigenvalue weighted by atomic mass is 16.7. The van der Waals surface area contributed by atoms with Gasteiger partial charge in [-0.15, -0.1) is 0 Å². The van der Waals surface area contributed by atoms with E-state index in [1.807, 2.05) is 42.6 Å². The van der Waals surface area contributed by atoms with E-state index in [4.69, 9.17) is 9.47 Å². The van der Waals surface area contributed by atoms with Crippen molar-refractivity contribution in [2.75, 3.05) is 6.79 Å². The van der Waals surface area contributed by atoms with Gasteiger partial charge in [0, 0.05) is 17.6 Å². The van der Waals surface area contributed by atoms with Crippen LogP contribution in [0.15, 0.2) is 54.7 Å². The standard InChI is InChI=1S/C18H13NO2/c1-2-4-13(5-3-1)6-7-14-8-9-19-16-11-18-17(10-15(14)16)20-12-21-18/h1-11H,12H2. The molecule has 0 saturated heterocycles. The van der Waals surface area contributed by atoms with Gasteiger partial charge in [0.05, 0.1) is 5.52 Å². The number of ether oxygens (including phenoxy) is 2. The Balaban J connectivity index is 1.80. The summed E-state index contributed by atoms with van der Waals surface area (Å²) >= 11 is 0. The molecule has 2 heterocycles. The Hall–Kier alpha value is -2.81. The van der Waals surface area contributed by atoms with Crippen LogP contribution in [0, 0.1) is 0 Å². The quantitative estimate of drug-likeness (QED) is 0.704.